The summed E-state index contributed by atoms with van der Waals surface area (Å²) in [5.41, 5.74) is 0.648. The van der Waals surface area contributed by atoms with E-state index in [1.54, 1.807) is 0 Å². The standard InChI is InChI=1S/C16H32N4/c1-4-11-19(5-2)13-10-18-15(17-3)20-12-9-16(14-20)7-6-8-16/h4-14H2,1-3H3,(H,17,18). The maximum Gasteiger partial charge on any atom is 0.193 e. The molecule has 1 spiro atoms. The molecule has 1 N–H and O–H groups in total. The van der Waals surface area contributed by atoms with Gasteiger partial charge in [0.15, 0.2) is 5.96 Å². The largest absolute Gasteiger partial charge is 0.355 e. The Hall–Kier alpha value is -0.770. The maximum atomic E-state index is 4.48. The summed E-state index contributed by atoms with van der Waals surface area (Å²) in [6, 6.07) is 0. The number of likely N-dealkylation sites (tertiary alicyclic amines) is 1. The van der Waals surface area contributed by atoms with Crippen LogP contribution in [-0.4, -0.2) is 62.1 Å². The lowest BCUT2D eigenvalue weighted by Crippen LogP contribution is -2.45. The van der Waals surface area contributed by atoms with Gasteiger partial charge in [0.2, 0.25) is 0 Å². The van der Waals surface area contributed by atoms with Gasteiger partial charge in [-0.1, -0.05) is 20.3 Å². The van der Waals surface area contributed by atoms with Gasteiger partial charge in [-0.25, -0.2) is 0 Å². The Balaban J connectivity index is 1.73. The predicted octanol–water partition coefficient (Wildman–Crippen LogP) is 2.17. The molecule has 0 aromatic carbocycles. The quantitative estimate of drug-likeness (QED) is 0.597. The minimum Gasteiger partial charge on any atom is -0.355 e. The van der Waals surface area contributed by atoms with Crippen LogP contribution in [0.2, 0.25) is 0 Å². The molecule has 116 valence electrons. The van der Waals surface area contributed by atoms with Crippen LogP contribution in [0.5, 0.6) is 0 Å². The fourth-order valence-corrected chi connectivity index (χ4v) is 3.60. The molecule has 0 amide bonds. The van der Waals surface area contributed by atoms with Gasteiger partial charge in [-0.3, -0.25) is 4.99 Å². The van der Waals surface area contributed by atoms with Crippen LogP contribution in [0.15, 0.2) is 4.99 Å². The Morgan fingerprint density at radius 2 is 2.05 bits per heavy atom. The molecule has 1 aliphatic heterocycles. The van der Waals surface area contributed by atoms with Crippen molar-refractivity contribution in [3.8, 4) is 0 Å². The summed E-state index contributed by atoms with van der Waals surface area (Å²) in [6.45, 7) is 11.4. The molecule has 1 saturated heterocycles. The van der Waals surface area contributed by atoms with Crippen LogP contribution in [0.3, 0.4) is 0 Å². The normalized spacial score (nSPS) is 21.6. The van der Waals surface area contributed by atoms with Gasteiger partial charge in [0.1, 0.15) is 0 Å². The van der Waals surface area contributed by atoms with Crippen LogP contribution in [0.1, 0.15) is 46.0 Å². The van der Waals surface area contributed by atoms with Crippen LogP contribution in [0, 0.1) is 5.41 Å². The zero-order valence-corrected chi connectivity index (χ0v) is 13.6. The summed E-state index contributed by atoms with van der Waals surface area (Å²) in [4.78, 5) is 9.44. The second kappa shape index (κ2) is 7.30. The zero-order valence-electron chi connectivity index (χ0n) is 13.6. The number of hydrogen-bond acceptors (Lipinski definition) is 2. The van der Waals surface area contributed by atoms with E-state index in [1.807, 2.05) is 7.05 Å². The molecule has 0 atom stereocenters. The van der Waals surface area contributed by atoms with E-state index in [9.17, 15) is 0 Å². The first kappa shape index (κ1) is 15.6. The third kappa shape index (κ3) is 3.66. The smallest absolute Gasteiger partial charge is 0.193 e. The van der Waals surface area contributed by atoms with Crippen molar-refractivity contribution < 1.29 is 0 Å². The predicted molar refractivity (Wildman–Crippen MR) is 86.2 cm³/mol. The minimum atomic E-state index is 0.648. The minimum absolute atomic E-state index is 0.648. The number of hydrogen-bond donors (Lipinski definition) is 1. The summed E-state index contributed by atoms with van der Waals surface area (Å²) in [5.74, 6) is 1.11. The van der Waals surface area contributed by atoms with Crippen LogP contribution < -0.4 is 5.32 Å². The van der Waals surface area contributed by atoms with Crippen molar-refractivity contribution in [1.29, 1.82) is 0 Å². The fraction of sp³-hybridized carbons (Fsp3) is 0.938. The van der Waals surface area contributed by atoms with E-state index < -0.39 is 0 Å². The third-order valence-corrected chi connectivity index (χ3v) is 5.06. The molecule has 0 radical (unpaired) electrons. The highest BCUT2D eigenvalue weighted by Crippen LogP contribution is 2.47. The molecule has 20 heavy (non-hydrogen) atoms. The SMILES string of the molecule is CCCN(CC)CCNC(=NC)N1CCC2(CCC2)C1. The molecular weight excluding hydrogens is 248 g/mol. The number of aliphatic imine (C=N–C) groups is 1. The summed E-state index contributed by atoms with van der Waals surface area (Å²) in [5, 5.41) is 3.55. The van der Waals surface area contributed by atoms with Crippen molar-refractivity contribution in [1.82, 2.24) is 15.1 Å². The summed E-state index contributed by atoms with van der Waals surface area (Å²) < 4.78 is 0. The Labute approximate surface area is 124 Å². The van der Waals surface area contributed by atoms with Gasteiger partial charge in [0.25, 0.3) is 0 Å². The lowest BCUT2D eigenvalue weighted by molar-refractivity contribution is 0.151. The van der Waals surface area contributed by atoms with E-state index >= 15 is 0 Å². The van der Waals surface area contributed by atoms with Gasteiger partial charge >= 0.3 is 0 Å². The molecule has 0 aromatic heterocycles. The number of nitrogens with one attached hydrogen (secondary N) is 1. The molecule has 2 fully saturated rings. The van der Waals surface area contributed by atoms with E-state index in [0.29, 0.717) is 5.41 Å². The molecule has 0 aromatic rings. The highest BCUT2D eigenvalue weighted by atomic mass is 15.3. The monoisotopic (exact) mass is 280 g/mol. The molecule has 2 rings (SSSR count). The van der Waals surface area contributed by atoms with Crippen molar-refractivity contribution in [2.45, 2.75) is 46.0 Å². The van der Waals surface area contributed by atoms with E-state index in [1.165, 1.54) is 51.7 Å². The molecule has 1 heterocycles. The molecule has 0 unspecified atom stereocenters. The Kier molecular flexibility index (Phi) is 5.70. The number of likely N-dealkylation sites (N-methyl/N-ethyl adjacent to an activating group) is 1. The van der Waals surface area contributed by atoms with Crippen molar-refractivity contribution in [2.24, 2.45) is 10.4 Å². The van der Waals surface area contributed by atoms with Crippen molar-refractivity contribution in [3.05, 3.63) is 0 Å². The zero-order chi connectivity index (χ0) is 14.4. The summed E-state index contributed by atoms with van der Waals surface area (Å²) in [7, 11) is 1.91. The molecular formula is C16H32N4. The first-order valence-corrected chi connectivity index (χ1v) is 8.41. The lowest BCUT2D eigenvalue weighted by atomic mass is 9.68. The maximum absolute atomic E-state index is 4.48. The Morgan fingerprint density at radius 3 is 2.55 bits per heavy atom. The topological polar surface area (TPSA) is 30.9 Å². The van der Waals surface area contributed by atoms with E-state index in [4.69, 9.17) is 0 Å². The molecule has 1 aliphatic carbocycles. The highest BCUT2D eigenvalue weighted by molar-refractivity contribution is 5.80. The molecule has 0 bridgehead atoms. The number of nitrogens with zero attached hydrogens (tertiary/aromatic N) is 3. The molecule has 4 nitrogen and oxygen atoms in total. The average Bonchev–Trinajstić information content (AvgIpc) is 2.87. The first-order valence-electron chi connectivity index (χ1n) is 8.41. The van der Waals surface area contributed by atoms with Gasteiger partial charge in [0.05, 0.1) is 0 Å². The second-order valence-corrected chi connectivity index (χ2v) is 6.43. The van der Waals surface area contributed by atoms with E-state index in [-0.39, 0.29) is 0 Å². The highest BCUT2D eigenvalue weighted by Gasteiger charge is 2.43. The van der Waals surface area contributed by atoms with Gasteiger partial charge in [-0.2, -0.15) is 0 Å². The van der Waals surface area contributed by atoms with Gasteiger partial charge in [0, 0.05) is 33.2 Å². The lowest BCUT2D eigenvalue weighted by Gasteiger charge is -2.38. The third-order valence-electron chi connectivity index (χ3n) is 5.06. The van der Waals surface area contributed by atoms with E-state index in [0.717, 1.165) is 25.6 Å². The number of guanidine groups is 1. The fourth-order valence-electron chi connectivity index (χ4n) is 3.60. The summed E-state index contributed by atoms with van der Waals surface area (Å²) >= 11 is 0. The summed E-state index contributed by atoms with van der Waals surface area (Å²) in [6.07, 6.45) is 6.89. The second-order valence-electron chi connectivity index (χ2n) is 6.43. The van der Waals surface area contributed by atoms with Crippen LogP contribution in [-0.2, 0) is 0 Å². The van der Waals surface area contributed by atoms with Crippen molar-refractivity contribution in [3.63, 3.8) is 0 Å². The average molecular weight is 280 g/mol. The van der Waals surface area contributed by atoms with Crippen LogP contribution in [0.4, 0.5) is 0 Å². The van der Waals surface area contributed by atoms with Gasteiger partial charge in [-0.15, -0.1) is 0 Å². The van der Waals surface area contributed by atoms with Gasteiger partial charge < -0.3 is 15.1 Å². The first-order chi connectivity index (χ1) is 9.73. The Morgan fingerprint density at radius 1 is 1.25 bits per heavy atom. The van der Waals surface area contributed by atoms with Crippen LogP contribution in [0.25, 0.3) is 0 Å². The van der Waals surface area contributed by atoms with Crippen molar-refractivity contribution >= 4 is 5.96 Å². The van der Waals surface area contributed by atoms with Gasteiger partial charge in [-0.05, 0) is 44.2 Å². The van der Waals surface area contributed by atoms with Crippen LogP contribution >= 0.6 is 0 Å². The molecule has 1 saturated carbocycles. The molecule has 4 heteroatoms. The van der Waals surface area contributed by atoms with E-state index in [2.05, 4.69) is 34.0 Å². The Bertz CT molecular complexity index is 322. The van der Waals surface area contributed by atoms with Crippen molar-refractivity contribution in [2.75, 3.05) is 46.3 Å². The molecule has 2 aliphatic rings. The number of rotatable bonds is 6.